The first-order chi connectivity index (χ1) is 8.93. The molecule has 6 heteroatoms. The molecule has 0 saturated heterocycles. The van der Waals surface area contributed by atoms with E-state index in [0.29, 0.717) is 12.5 Å². The third-order valence-corrected chi connectivity index (χ3v) is 2.59. The molecule has 1 atom stereocenters. The minimum atomic E-state index is -3.09. The lowest BCUT2D eigenvalue weighted by atomic mass is 10.1. The Morgan fingerprint density at radius 1 is 1.26 bits per heavy atom. The predicted octanol–water partition coefficient (Wildman–Crippen LogP) is 3.82. The molecule has 1 aromatic carbocycles. The van der Waals surface area contributed by atoms with Crippen molar-refractivity contribution in [1.29, 1.82) is 0 Å². The number of nitrogens with two attached hydrogens (primary N) is 1. The maximum Gasteiger partial charge on any atom is 0.387 e. The Morgan fingerprint density at radius 3 is 2.53 bits per heavy atom. The first-order valence-electron chi connectivity index (χ1n) is 6.10. The maximum atomic E-state index is 13.3. The van der Waals surface area contributed by atoms with Crippen LogP contribution in [0.5, 0.6) is 11.5 Å². The summed E-state index contributed by atoms with van der Waals surface area (Å²) >= 11 is 0. The van der Waals surface area contributed by atoms with Crippen LogP contribution in [0.3, 0.4) is 0 Å². The number of hydrogen-bond acceptors (Lipinski definition) is 3. The van der Waals surface area contributed by atoms with Crippen LogP contribution in [0.1, 0.15) is 26.7 Å². The van der Waals surface area contributed by atoms with E-state index in [9.17, 15) is 13.2 Å². The lowest BCUT2D eigenvalue weighted by molar-refractivity contribution is -0.0522. The normalized spacial score (nSPS) is 12.5. The Balaban J connectivity index is 2.77. The molecule has 0 aliphatic rings. The third-order valence-electron chi connectivity index (χ3n) is 2.59. The third kappa shape index (κ3) is 4.89. The van der Waals surface area contributed by atoms with Gasteiger partial charge in [0.15, 0.2) is 11.6 Å². The Morgan fingerprint density at radius 2 is 1.95 bits per heavy atom. The molecule has 0 saturated carbocycles. The number of ether oxygens (including phenoxy) is 2. The van der Waals surface area contributed by atoms with Gasteiger partial charge in [-0.1, -0.05) is 20.3 Å². The number of benzene rings is 1. The number of alkyl halides is 2. The summed E-state index contributed by atoms with van der Waals surface area (Å²) in [5.41, 5.74) is 5.63. The molecule has 19 heavy (non-hydrogen) atoms. The fourth-order valence-corrected chi connectivity index (χ4v) is 1.67. The van der Waals surface area contributed by atoms with E-state index < -0.39 is 18.2 Å². The SMILES string of the molecule is CCCC(C)COc1cc(OC(F)F)c(F)cc1N. The van der Waals surface area contributed by atoms with Crippen LogP contribution in [0.15, 0.2) is 12.1 Å². The number of anilines is 1. The molecule has 1 rings (SSSR count). The highest BCUT2D eigenvalue weighted by Crippen LogP contribution is 2.31. The van der Waals surface area contributed by atoms with Crippen LogP contribution in [-0.4, -0.2) is 13.2 Å². The molecule has 0 amide bonds. The summed E-state index contributed by atoms with van der Waals surface area (Å²) in [6, 6.07) is 1.97. The largest absolute Gasteiger partial charge is 0.491 e. The molecule has 0 bridgehead atoms. The van der Waals surface area contributed by atoms with Gasteiger partial charge in [-0.25, -0.2) is 4.39 Å². The van der Waals surface area contributed by atoms with Crippen LogP contribution < -0.4 is 15.2 Å². The molecule has 0 spiro atoms. The van der Waals surface area contributed by atoms with Crippen molar-refractivity contribution < 1.29 is 22.6 Å². The van der Waals surface area contributed by atoms with Gasteiger partial charge < -0.3 is 15.2 Å². The Labute approximate surface area is 110 Å². The van der Waals surface area contributed by atoms with Gasteiger partial charge in [-0.3, -0.25) is 0 Å². The van der Waals surface area contributed by atoms with E-state index >= 15 is 0 Å². The van der Waals surface area contributed by atoms with Crippen molar-refractivity contribution in [3.63, 3.8) is 0 Å². The van der Waals surface area contributed by atoms with Gasteiger partial charge in [0.2, 0.25) is 0 Å². The average Bonchev–Trinajstić information content (AvgIpc) is 2.31. The summed E-state index contributed by atoms with van der Waals surface area (Å²) in [5, 5.41) is 0. The zero-order chi connectivity index (χ0) is 14.4. The van der Waals surface area contributed by atoms with Gasteiger partial charge in [0.05, 0.1) is 12.3 Å². The van der Waals surface area contributed by atoms with E-state index in [1.54, 1.807) is 0 Å². The van der Waals surface area contributed by atoms with Gasteiger partial charge in [-0.15, -0.1) is 0 Å². The lowest BCUT2D eigenvalue weighted by Gasteiger charge is -2.15. The van der Waals surface area contributed by atoms with Gasteiger partial charge >= 0.3 is 6.61 Å². The molecule has 1 aromatic rings. The van der Waals surface area contributed by atoms with Crippen molar-refractivity contribution in [1.82, 2.24) is 0 Å². The van der Waals surface area contributed by atoms with Gasteiger partial charge in [0.1, 0.15) is 5.75 Å². The maximum absolute atomic E-state index is 13.3. The van der Waals surface area contributed by atoms with Gasteiger partial charge in [0.25, 0.3) is 0 Å². The standard InChI is InChI=1S/C13H18F3NO2/c1-3-4-8(2)7-18-12-6-11(19-13(15)16)9(14)5-10(12)17/h5-6,8,13H,3-4,7,17H2,1-2H3. The Kier molecular flexibility index (Phi) is 5.79. The van der Waals surface area contributed by atoms with E-state index in [-0.39, 0.29) is 11.4 Å². The summed E-state index contributed by atoms with van der Waals surface area (Å²) in [5.74, 6) is -1.05. The molecule has 1 unspecified atom stereocenters. The minimum absolute atomic E-state index is 0.0582. The molecule has 0 heterocycles. The molecule has 0 radical (unpaired) electrons. The van der Waals surface area contributed by atoms with Gasteiger partial charge in [-0.2, -0.15) is 8.78 Å². The first-order valence-corrected chi connectivity index (χ1v) is 6.10. The second kappa shape index (κ2) is 7.11. The average molecular weight is 277 g/mol. The molecule has 0 aromatic heterocycles. The van der Waals surface area contributed by atoms with Crippen LogP contribution in [0.4, 0.5) is 18.9 Å². The van der Waals surface area contributed by atoms with E-state index in [1.807, 2.05) is 6.92 Å². The van der Waals surface area contributed by atoms with E-state index in [0.717, 1.165) is 25.0 Å². The highest BCUT2D eigenvalue weighted by molar-refractivity contribution is 5.56. The summed E-state index contributed by atoms with van der Waals surface area (Å²) in [7, 11) is 0. The fraction of sp³-hybridized carbons (Fsp3) is 0.538. The molecule has 3 nitrogen and oxygen atoms in total. The van der Waals surface area contributed by atoms with Gasteiger partial charge in [-0.05, 0) is 12.3 Å². The second-order valence-corrected chi connectivity index (χ2v) is 4.40. The second-order valence-electron chi connectivity index (χ2n) is 4.40. The highest BCUT2D eigenvalue weighted by Gasteiger charge is 2.14. The molecular formula is C13H18F3NO2. The monoisotopic (exact) mass is 277 g/mol. The first kappa shape index (κ1) is 15.5. The smallest absolute Gasteiger partial charge is 0.387 e. The highest BCUT2D eigenvalue weighted by atomic mass is 19.3. The predicted molar refractivity (Wildman–Crippen MR) is 67.0 cm³/mol. The Hall–Kier alpha value is -1.59. The molecule has 0 aliphatic heterocycles. The quantitative estimate of drug-likeness (QED) is 0.770. The van der Waals surface area contributed by atoms with E-state index in [1.165, 1.54) is 0 Å². The van der Waals surface area contributed by atoms with Crippen molar-refractivity contribution >= 4 is 5.69 Å². The van der Waals surface area contributed by atoms with Crippen LogP contribution in [0.25, 0.3) is 0 Å². The lowest BCUT2D eigenvalue weighted by Crippen LogP contribution is -2.10. The zero-order valence-corrected chi connectivity index (χ0v) is 11.0. The fourth-order valence-electron chi connectivity index (χ4n) is 1.67. The summed E-state index contributed by atoms with van der Waals surface area (Å²) in [6.45, 7) is 1.35. The van der Waals surface area contributed by atoms with Crippen LogP contribution >= 0.6 is 0 Å². The van der Waals surface area contributed by atoms with Crippen molar-refractivity contribution in [3.8, 4) is 11.5 Å². The molecule has 0 fully saturated rings. The van der Waals surface area contributed by atoms with Crippen LogP contribution in [0.2, 0.25) is 0 Å². The Bertz CT molecular complexity index is 413. The van der Waals surface area contributed by atoms with Crippen molar-refractivity contribution in [2.75, 3.05) is 12.3 Å². The molecule has 2 N–H and O–H groups in total. The molecular weight excluding hydrogens is 259 g/mol. The topological polar surface area (TPSA) is 44.5 Å². The summed E-state index contributed by atoms with van der Waals surface area (Å²) in [6.07, 6.45) is 1.99. The molecule has 108 valence electrons. The van der Waals surface area contributed by atoms with E-state index in [2.05, 4.69) is 11.7 Å². The van der Waals surface area contributed by atoms with Crippen LogP contribution in [-0.2, 0) is 0 Å². The van der Waals surface area contributed by atoms with Crippen molar-refractivity contribution in [2.45, 2.75) is 33.3 Å². The number of rotatable bonds is 7. The summed E-state index contributed by atoms with van der Waals surface area (Å²) in [4.78, 5) is 0. The van der Waals surface area contributed by atoms with Crippen molar-refractivity contribution in [2.24, 2.45) is 5.92 Å². The van der Waals surface area contributed by atoms with Crippen LogP contribution in [0, 0.1) is 11.7 Å². The number of nitrogen functional groups attached to an aromatic ring is 1. The van der Waals surface area contributed by atoms with Gasteiger partial charge in [0, 0.05) is 12.1 Å². The minimum Gasteiger partial charge on any atom is -0.491 e. The number of hydrogen-bond donors (Lipinski definition) is 1. The zero-order valence-electron chi connectivity index (χ0n) is 11.0. The number of halogens is 3. The summed E-state index contributed by atoms with van der Waals surface area (Å²) < 4.78 is 47.0. The van der Waals surface area contributed by atoms with E-state index in [4.69, 9.17) is 10.5 Å². The molecule has 0 aliphatic carbocycles. The van der Waals surface area contributed by atoms with Crippen molar-refractivity contribution in [3.05, 3.63) is 17.9 Å².